The highest BCUT2D eigenvalue weighted by molar-refractivity contribution is 7.10. The largest absolute Gasteiger partial charge is 0.478 e. The lowest BCUT2D eigenvalue weighted by molar-refractivity contribution is 0.0654. The lowest BCUT2D eigenvalue weighted by atomic mass is 9.90. The van der Waals surface area contributed by atoms with Crippen LogP contribution in [0.1, 0.15) is 55.2 Å². The van der Waals surface area contributed by atoms with Crippen molar-refractivity contribution in [1.82, 2.24) is 4.90 Å². The van der Waals surface area contributed by atoms with Gasteiger partial charge in [0.25, 0.3) is 5.91 Å². The molecule has 2 aromatic carbocycles. The van der Waals surface area contributed by atoms with Gasteiger partial charge in [0, 0.05) is 16.4 Å². The molecule has 1 aliphatic rings. The normalized spacial score (nSPS) is 15.6. The number of rotatable bonds is 4. The first-order valence-electron chi connectivity index (χ1n) is 9.70. The number of thiophene rings is 1. The second kappa shape index (κ2) is 8.83. The maximum Gasteiger partial charge on any atom is 0.336 e. The van der Waals surface area contributed by atoms with Crippen LogP contribution in [0.4, 0.5) is 0 Å². The SMILES string of the molecule is CCc1c(Cl)cccc1C1c2sccc2CCN1C(=O)c1cc(Cl)c(Cl)cc1C(=O)O. The fourth-order valence-electron chi connectivity index (χ4n) is 4.09. The number of benzene rings is 2. The van der Waals surface area contributed by atoms with Gasteiger partial charge in [0.15, 0.2) is 0 Å². The molecule has 1 unspecified atom stereocenters. The molecule has 0 spiro atoms. The van der Waals surface area contributed by atoms with Crippen molar-refractivity contribution in [3.8, 4) is 0 Å². The highest BCUT2D eigenvalue weighted by atomic mass is 35.5. The minimum Gasteiger partial charge on any atom is -0.478 e. The average molecular weight is 495 g/mol. The molecule has 1 aliphatic heterocycles. The minimum absolute atomic E-state index is 0.0204. The van der Waals surface area contributed by atoms with Gasteiger partial charge in [-0.2, -0.15) is 0 Å². The van der Waals surface area contributed by atoms with Crippen LogP contribution in [0.2, 0.25) is 15.1 Å². The first-order chi connectivity index (χ1) is 14.8. The summed E-state index contributed by atoms with van der Waals surface area (Å²) in [6.45, 7) is 2.47. The van der Waals surface area contributed by atoms with E-state index >= 15 is 0 Å². The van der Waals surface area contributed by atoms with Crippen molar-refractivity contribution in [3.63, 3.8) is 0 Å². The Morgan fingerprint density at radius 3 is 2.48 bits per heavy atom. The van der Waals surface area contributed by atoms with Crippen LogP contribution in [0.25, 0.3) is 0 Å². The molecular weight excluding hydrogens is 477 g/mol. The fourth-order valence-corrected chi connectivity index (χ4v) is 5.82. The Labute approximate surface area is 199 Å². The van der Waals surface area contributed by atoms with Crippen LogP contribution in [-0.2, 0) is 12.8 Å². The van der Waals surface area contributed by atoms with E-state index in [1.807, 2.05) is 30.5 Å². The summed E-state index contributed by atoms with van der Waals surface area (Å²) in [5, 5.41) is 12.6. The van der Waals surface area contributed by atoms with Gasteiger partial charge >= 0.3 is 5.97 Å². The zero-order valence-electron chi connectivity index (χ0n) is 16.5. The van der Waals surface area contributed by atoms with Crippen LogP contribution in [0, 0.1) is 0 Å². The molecule has 4 rings (SSSR count). The van der Waals surface area contributed by atoms with Gasteiger partial charge in [0.05, 0.1) is 27.2 Å². The molecule has 0 radical (unpaired) electrons. The zero-order valence-corrected chi connectivity index (χ0v) is 19.6. The molecule has 31 heavy (non-hydrogen) atoms. The van der Waals surface area contributed by atoms with Crippen molar-refractivity contribution in [3.05, 3.63) is 89.5 Å². The minimum atomic E-state index is -1.23. The monoisotopic (exact) mass is 493 g/mol. The lowest BCUT2D eigenvalue weighted by Crippen LogP contribution is -2.41. The van der Waals surface area contributed by atoms with E-state index < -0.39 is 11.9 Å². The summed E-state index contributed by atoms with van der Waals surface area (Å²) < 4.78 is 0. The van der Waals surface area contributed by atoms with E-state index in [9.17, 15) is 14.7 Å². The van der Waals surface area contributed by atoms with Gasteiger partial charge in [0.2, 0.25) is 0 Å². The fraction of sp³-hybridized carbons (Fsp3) is 0.217. The van der Waals surface area contributed by atoms with Gasteiger partial charge < -0.3 is 10.0 Å². The van der Waals surface area contributed by atoms with Crippen molar-refractivity contribution in [2.24, 2.45) is 0 Å². The Balaban J connectivity index is 1.89. The van der Waals surface area contributed by atoms with Gasteiger partial charge in [-0.25, -0.2) is 4.79 Å². The lowest BCUT2D eigenvalue weighted by Gasteiger charge is -2.37. The summed E-state index contributed by atoms with van der Waals surface area (Å²) in [6.07, 6.45) is 1.40. The molecule has 0 fully saturated rings. The van der Waals surface area contributed by atoms with Gasteiger partial charge in [0.1, 0.15) is 0 Å². The van der Waals surface area contributed by atoms with E-state index in [1.54, 1.807) is 16.2 Å². The van der Waals surface area contributed by atoms with Crippen LogP contribution in [-0.4, -0.2) is 28.4 Å². The van der Waals surface area contributed by atoms with E-state index in [2.05, 4.69) is 6.07 Å². The Morgan fingerprint density at radius 2 is 1.81 bits per heavy atom. The van der Waals surface area contributed by atoms with Gasteiger partial charge in [-0.1, -0.05) is 53.9 Å². The molecule has 1 aromatic heterocycles. The summed E-state index contributed by atoms with van der Waals surface area (Å²) >= 11 is 20.2. The topological polar surface area (TPSA) is 57.6 Å². The second-order valence-corrected chi connectivity index (χ2v) is 9.41. The van der Waals surface area contributed by atoms with E-state index in [1.165, 1.54) is 17.7 Å². The molecule has 2 heterocycles. The number of fused-ring (bicyclic) bond motifs is 1. The number of hydrogen-bond donors (Lipinski definition) is 1. The average Bonchev–Trinajstić information content (AvgIpc) is 3.22. The number of carboxylic acids is 1. The molecule has 0 bridgehead atoms. The summed E-state index contributed by atoms with van der Waals surface area (Å²) in [7, 11) is 0. The molecule has 0 aliphatic carbocycles. The van der Waals surface area contributed by atoms with Crippen molar-refractivity contribution in [2.45, 2.75) is 25.8 Å². The first-order valence-corrected chi connectivity index (χ1v) is 11.7. The first kappa shape index (κ1) is 22.2. The number of amides is 1. The molecule has 3 aromatic rings. The van der Waals surface area contributed by atoms with Crippen molar-refractivity contribution >= 4 is 58.0 Å². The standard InChI is InChI=1S/C23H18Cl3NO3S/c1-2-13-14(4-3-5-17(13)24)20-21-12(7-9-31-21)6-8-27(20)22(28)15-10-18(25)19(26)11-16(15)23(29)30/h3-5,7,9-11,20H,2,6,8H2,1H3,(H,29,30). The predicted molar refractivity (Wildman–Crippen MR) is 125 cm³/mol. The molecule has 4 nitrogen and oxygen atoms in total. The van der Waals surface area contributed by atoms with Crippen LogP contribution in [0.5, 0.6) is 0 Å². The van der Waals surface area contributed by atoms with Crippen molar-refractivity contribution < 1.29 is 14.7 Å². The zero-order chi connectivity index (χ0) is 22.3. The maximum atomic E-state index is 13.7. The number of carbonyl (C=O) groups is 2. The summed E-state index contributed by atoms with van der Waals surface area (Å²) in [4.78, 5) is 28.3. The van der Waals surface area contributed by atoms with Gasteiger partial charge in [-0.05, 0) is 59.2 Å². The summed E-state index contributed by atoms with van der Waals surface area (Å²) in [6, 6.07) is 9.99. The third kappa shape index (κ3) is 3.96. The number of aromatic carboxylic acids is 1. The summed E-state index contributed by atoms with van der Waals surface area (Å²) in [5.41, 5.74) is 2.96. The number of halogens is 3. The molecule has 0 saturated heterocycles. The van der Waals surface area contributed by atoms with Crippen molar-refractivity contribution in [1.29, 1.82) is 0 Å². The van der Waals surface area contributed by atoms with Crippen LogP contribution in [0.15, 0.2) is 41.8 Å². The smallest absolute Gasteiger partial charge is 0.336 e. The van der Waals surface area contributed by atoms with E-state index in [0.717, 1.165) is 16.0 Å². The highest BCUT2D eigenvalue weighted by Crippen LogP contribution is 2.42. The van der Waals surface area contributed by atoms with E-state index in [4.69, 9.17) is 34.8 Å². The van der Waals surface area contributed by atoms with Crippen LogP contribution < -0.4 is 0 Å². The Bertz CT molecular complexity index is 1190. The predicted octanol–water partition coefficient (Wildman–Crippen LogP) is 6.76. The number of carbonyl (C=O) groups excluding carboxylic acids is 1. The maximum absolute atomic E-state index is 13.7. The Hall–Kier alpha value is -2.05. The number of nitrogens with zero attached hydrogens (tertiary/aromatic N) is 1. The molecule has 1 N–H and O–H groups in total. The molecular formula is C23H18Cl3NO3S. The quantitative estimate of drug-likeness (QED) is 0.436. The molecule has 1 amide bonds. The van der Waals surface area contributed by atoms with Crippen molar-refractivity contribution in [2.75, 3.05) is 6.54 Å². The van der Waals surface area contributed by atoms with E-state index in [0.29, 0.717) is 24.4 Å². The van der Waals surface area contributed by atoms with E-state index in [-0.39, 0.29) is 27.2 Å². The number of carboxylic acid groups (broad SMARTS) is 1. The summed E-state index contributed by atoms with van der Waals surface area (Å²) in [5.74, 6) is -1.63. The Kier molecular flexibility index (Phi) is 6.31. The van der Waals surface area contributed by atoms with Crippen LogP contribution in [0.3, 0.4) is 0 Å². The van der Waals surface area contributed by atoms with Crippen LogP contribution >= 0.6 is 46.1 Å². The van der Waals surface area contributed by atoms with Gasteiger partial charge in [-0.3, -0.25) is 4.79 Å². The van der Waals surface area contributed by atoms with Gasteiger partial charge in [-0.15, -0.1) is 11.3 Å². The molecule has 160 valence electrons. The highest BCUT2D eigenvalue weighted by Gasteiger charge is 2.36. The third-order valence-electron chi connectivity index (χ3n) is 5.55. The Morgan fingerprint density at radius 1 is 1.10 bits per heavy atom. The molecule has 0 saturated carbocycles. The molecule has 1 atom stereocenters. The molecule has 8 heteroatoms. The third-order valence-corrected chi connectivity index (χ3v) is 7.64. The number of hydrogen-bond acceptors (Lipinski definition) is 3. The second-order valence-electron chi connectivity index (χ2n) is 7.24.